The van der Waals surface area contributed by atoms with E-state index in [1.807, 2.05) is 0 Å². The standard InChI is InChI=1S/C11H11ClFNO3/c12-9-3-1-2-7(10(9)13)4-14-8(5-15)6-17-11(14)16/h1-3,8,15H,4-6H2. The SMILES string of the molecule is O=C1OCC(CO)N1Cc1cccc(Cl)c1F. The van der Waals surface area contributed by atoms with Gasteiger partial charge in [0.15, 0.2) is 0 Å². The summed E-state index contributed by atoms with van der Waals surface area (Å²) in [6, 6.07) is 4.16. The van der Waals surface area contributed by atoms with Crippen molar-refractivity contribution in [1.82, 2.24) is 4.90 Å². The molecule has 4 nitrogen and oxygen atoms in total. The average molecular weight is 260 g/mol. The molecular formula is C11H11ClFNO3. The fourth-order valence-electron chi connectivity index (χ4n) is 1.69. The van der Waals surface area contributed by atoms with Gasteiger partial charge in [-0.2, -0.15) is 0 Å². The molecule has 1 fully saturated rings. The van der Waals surface area contributed by atoms with Crippen LogP contribution in [0.2, 0.25) is 5.02 Å². The number of ether oxygens (including phenoxy) is 1. The van der Waals surface area contributed by atoms with E-state index in [0.29, 0.717) is 5.56 Å². The molecule has 1 N–H and O–H groups in total. The van der Waals surface area contributed by atoms with Gasteiger partial charge in [0.25, 0.3) is 0 Å². The molecule has 0 aliphatic carbocycles. The average Bonchev–Trinajstić information content (AvgIpc) is 2.66. The van der Waals surface area contributed by atoms with Gasteiger partial charge in [-0.25, -0.2) is 9.18 Å². The minimum absolute atomic E-state index is 0.00983. The summed E-state index contributed by atoms with van der Waals surface area (Å²) < 4.78 is 18.4. The Labute approximate surface area is 103 Å². The second-order valence-corrected chi connectivity index (χ2v) is 4.16. The fraction of sp³-hybridized carbons (Fsp3) is 0.364. The number of benzene rings is 1. The molecule has 1 unspecified atom stereocenters. The molecule has 6 heteroatoms. The summed E-state index contributed by atoms with van der Waals surface area (Å²) in [4.78, 5) is 12.7. The Morgan fingerprint density at radius 2 is 2.35 bits per heavy atom. The van der Waals surface area contributed by atoms with Crippen LogP contribution in [-0.2, 0) is 11.3 Å². The molecule has 0 bridgehead atoms. The van der Waals surface area contributed by atoms with E-state index in [9.17, 15) is 9.18 Å². The third-order valence-corrected chi connectivity index (χ3v) is 2.95. The number of nitrogens with zero attached hydrogens (tertiary/aromatic N) is 1. The molecule has 1 aromatic carbocycles. The van der Waals surface area contributed by atoms with Gasteiger partial charge >= 0.3 is 6.09 Å². The summed E-state index contributed by atoms with van der Waals surface area (Å²) in [5.41, 5.74) is 0.301. The fourth-order valence-corrected chi connectivity index (χ4v) is 1.88. The lowest BCUT2D eigenvalue weighted by Crippen LogP contribution is -2.35. The number of carbonyl (C=O) groups excluding carboxylic acids is 1. The van der Waals surface area contributed by atoms with Gasteiger partial charge in [-0.3, -0.25) is 4.90 Å². The van der Waals surface area contributed by atoms with Gasteiger partial charge in [-0.1, -0.05) is 23.7 Å². The van der Waals surface area contributed by atoms with E-state index in [-0.39, 0.29) is 24.8 Å². The van der Waals surface area contributed by atoms with E-state index in [4.69, 9.17) is 21.4 Å². The lowest BCUT2D eigenvalue weighted by molar-refractivity contribution is 0.150. The summed E-state index contributed by atoms with van der Waals surface area (Å²) in [5, 5.41) is 9.07. The van der Waals surface area contributed by atoms with Crippen molar-refractivity contribution in [3.63, 3.8) is 0 Å². The molecule has 0 saturated carbocycles. The van der Waals surface area contributed by atoms with Crippen LogP contribution in [0, 0.1) is 5.82 Å². The summed E-state index contributed by atoms with van der Waals surface area (Å²) in [6.07, 6.45) is -0.552. The van der Waals surface area contributed by atoms with Crippen LogP contribution in [0.3, 0.4) is 0 Å². The van der Waals surface area contributed by atoms with Crippen molar-refractivity contribution in [3.8, 4) is 0 Å². The van der Waals surface area contributed by atoms with Gasteiger partial charge in [0.05, 0.1) is 24.2 Å². The molecule has 1 amide bonds. The molecule has 0 aromatic heterocycles. The maximum Gasteiger partial charge on any atom is 0.410 e. The van der Waals surface area contributed by atoms with E-state index < -0.39 is 18.0 Å². The van der Waals surface area contributed by atoms with E-state index in [0.717, 1.165) is 0 Å². The number of aliphatic hydroxyl groups excluding tert-OH is 1. The lowest BCUT2D eigenvalue weighted by atomic mass is 10.2. The molecule has 1 atom stereocenters. The predicted octanol–water partition coefficient (Wildman–Crippen LogP) is 1.79. The summed E-state index contributed by atoms with van der Waals surface area (Å²) in [7, 11) is 0. The van der Waals surface area contributed by atoms with Crippen LogP contribution in [-0.4, -0.2) is 35.4 Å². The molecule has 1 aliphatic rings. The third kappa shape index (κ3) is 2.35. The zero-order valence-corrected chi connectivity index (χ0v) is 9.65. The van der Waals surface area contributed by atoms with Gasteiger partial charge in [0.1, 0.15) is 12.4 Å². The van der Waals surface area contributed by atoms with Crippen LogP contribution < -0.4 is 0 Å². The number of rotatable bonds is 3. The van der Waals surface area contributed by atoms with E-state index >= 15 is 0 Å². The van der Waals surface area contributed by atoms with Crippen molar-refractivity contribution in [3.05, 3.63) is 34.6 Å². The monoisotopic (exact) mass is 259 g/mol. The zero-order chi connectivity index (χ0) is 12.4. The lowest BCUT2D eigenvalue weighted by Gasteiger charge is -2.19. The van der Waals surface area contributed by atoms with Gasteiger partial charge in [-0.15, -0.1) is 0 Å². The number of aliphatic hydroxyl groups is 1. The Hall–Kier alpha value is -1.33. The van der Waals surface area contributed by atoms with Crippen LogP contribution >= 0.6 is 11.6 Å². The van der Waals surface area contributed by atoms with Gasteiger partial charge in [-0.05, 0) is 6.07 Å². The minimum atomic E-state index is -0.552. The normalized spacial score (nSPS) is 19.6. The largest absolute Gasteiger partial charge is 0.447 e. The number of hydrogen-bond acceptors (Lipinski definition) is 3. The number of halogens is 2. The minimum Gasteiger partial charge on any atom is -0.447 e. The highest BCUT2D eigenvalue weighted by Gasteiger charge is 2.32. The Balaban J connectivity index is 2.20. The second kappa shape index (κ2) is 4.89. The number of amides is 1. The maximum absolute atomic E-state index is 13.6. The quantitative estimate of drug-likeness (QED) is 0.900. The molecule has 0 radical (unpaired) electrons. The van der Waals surface area contributed by atoms with Crippen molar-refractivity contribution < 1.29 is 19.0 Å². The summed E-state index contributed by atoms with van der Waals surface area (Å²) in [5.74, 6) is -0.550. The van der Waals surface area contributed by atoms with Crippen LogP contribution in [0.25, 0.3) is 0 Å². The van der Waals surface area contributed by atoms with Crippen LogP contribution in [0.1, 0.15) is 5.56 Å². The second-order valence-electron chi connectivity index (χ2n) is 3.75. The smallest absolute Gasteiger partial charge is 0.410 e. The van der Waals surface area contributed by atoms with Crippen molar-refractivity contribution in [2.45, 2.75) is 12.6 Å². The number of hydrogen-bond donors (Lipinski definition) is 1. The Bertz CT molecular complexity index is 441. The van der Waals surface area contributed by atoms with Crippen LogP contribution in [0.15, 0.2) is 18.2 Å². The van der Waals surface area contributed by atoms with Crippen LogP contribution in [0.5, 0.6) is 0 Å². The highest BCUT2D eigenvalue weighted by atomic mass is 35.5. The first kappa shape index (κ1) is 12.1. The van der Waals surface area contributed by atoms with Crippen molar-refractivity contribution >= 4 is 17.7 Å². The van der Waals surface area contributed by atoms with Crippen molar-refractivity contribution in [2.24, 2.45) is 0 Å². The first-order valence-corrected chi connectivity index (χ1v) is 5.48. The van der Waals surface area contributed by atoms with E-state index in [2.05, 4.69) is 0 Å². The molecule has 17 heavy (non-hydrogen) atoms. The molecular weight excluding hydrogens is 249 g/mol. The maximum atomic E-state index is 13.6. The van der Waals surface area contributed by atoms with E-state index in [1.54, 1.807) is 12.1 Å². The molecule has 2 rings (SSSR count). The van der Waals surface area contributed by atoms with Gasteiger partial charge in [0, 0.05) is 5.56 Å². The Morgan fingerprint density at radius 1 is 1.59 bits per heavy atom. The van der Waals surface area contributed by atoms with E-state index in [1.165, 1.54) is 11.0 Å². The van der Waals surface area contributed by atoms with Gasteiger partial charge < -0.3 is 9.84 Å². The van der Waals surface area contributed by atoms with Gasteiger partial charge in [0.2, 0.25) is 0 Å². The number of carbonyl (C=O) groups is 1. The van der Waals surface area contributed by atoms with Crippen LogP contribution in [0.4, 0.5) is 9.18 Å². The van der Waals surface area contributed by atoms with Crippen molar-refractivity contribution in [1.29, 1.82) is 0 Å². The highest BCUT2D eigenvalue weighted by molar-refractivity contribution is 6.30. The molecule has 92 valence electrons. The highest BCUT2D eigenvalue weighted by Crippen LogP contribution is 2.22. The number of cyclic esters (lactones) is 1. The molecule has 1 aliphatic heterocycles. The van der Waals surface area contributed by atoms with Crippen molar-refractivity contribution in [2.75, 3.05) is 13.2 Å². The predicted molar refractivity (Wildman–Crippen MR) is 59.2 cm³/mol. The summed E-state index contributed by atoms with van der Waals surface area (Å²) in [6.45, 7) is -0.0537. The Morgan fingerprint density at radius 3 is 3.06 bits per heavy atom. The first-order valence-electron chi connectivity index (χ1n) is 5.10. The molecule has 1 heterocycles. The molecule has 1 saturated heterocycles. The zero-order valence-electron chi connectivity index (χ0n) is 8.90. The first-order chi connectivity index (χ1) is 8.13. The molecule has 1 aromatic rings. The third-order valence-electron chi connectivity index (χ3n) is 2.66. The topological polar surface area (TPSA) is 49.8 Å². The Kier molecular flexibility index (Phi) is 3.49. The molecule has 0 spiro atoms. The summed E-state index contributed by atoms with van der Waals surface area (Å²) >= 11 is 5.65.